The summed E-state index contributed by atoms with van der Waals surface area (Å²) in [4.78, 5) is 13.6. The lowest BCUT2D eigenvalue weighted by Crippen LogP contribution is -2.56. The summed E-state index contributed by atoms with van der Waals surface area (Å²) in [6, 6.07) is 2.64. The molecule has 186 valence electrons. The van der Waals surface area contributed by atoms with Crippen molar-refractivity contribution < 1.29 is 53.8 Å². The van der Waals surface area contributed by atoms with Gasteiger partial charge in [0.05, 0.1) is 20.2 Å². The number of likely N-dealkylation sites (tertiary alicyclic amines) is 1. The molecule has 0 radical (unpaired) electrons. The first-order valence-corrected chi connectivity index (χ1v) is 11.3. The van der Waals surface area contributed by atoms with Gasteiger partial charge < -0.3 is 19.1 Å². The van der Waals surface area contributed by atoms with Crippen molar-refractivity contribution >= 4 is 15.7 Å². The summed E-state index contributed by atoms with van der Waals surface area (Å²) in [6.07, 6.45) is -4.78. The molecule has 2 aromatic carbocycles. The van der Waals surface area contributed by atoms with Gasteiger partial charge >= 0.3 is 6.18 Å². The molecule has 1 fully saturated rings. The Morgan fingerprint density at radius 1 is 1.06 bits per heavy atom. The van der Waals surface area contributed by atoms with E-state index in [2.05, 4.69) is 0 Å². The van der Waals surface area contributed by atoms with Gasteiger partial charge in [-0.15, -0.1) is 0 Å². The van der Waals surface area contributed by atoms with Crippen LogP contribution in [0.15, 0.2) is 29.2 Å². The van der Waals surface area contributed by atoms with E-state index in [4.69, 9.17) is 14.2 Å². The van der Waals surface area contributed by atoms with Crippen molar-refractivity contribution in [2.75, 3.05) is 33.1 Å². The molecule has 0 N–H and O–H groups in total. The lowest BCUT2D eigenvalue weighted by molar-refractivity contribution is -0.153. The highest BCUT2D eigenvalue weighted by molar-refractivity contribution is 7.90. The number of ether oxygens (including phenoxy) is 3. The fourth-order valence-electron chi connectivity index (χ4n) is 3.13. The van der Waals surface area contributed by atoms with Crippen LogP contribution in [0.25, 0.3) is 0 Å². The lowest BCUT2D eigenvalue weighted by Gasteiger charge is -2.39. The molecule has 34 heavy (non-hydrogen) atoms. The van der Waals surface area contributed by atoms with Crippen LogP contribution < -0.4 is 14.2 Å². The molecule has 0 aliphatic carbocycles. The summed E-state index contributed by atoms with van der Waals surface area (Å²) in [6.45, 7) is -2.19. The monoisotopic (exact) mass is 513 g/mol. The van der Waals surface area contributed by atoms with Gasteiger partial charge in [0.25, 0.3) is 5.91 Å². The molecule has 0 aromatic heterocycles. The lowest BCUT2D eigenvalue weighted by atomic mass is 10.1. The number of hydrogen-bond donors (Lipinski definition) is 0. The standard InChI is InChI=1S/C20H17F6NO6S/c1-31-18-16(34(2,29)30)4-3-14(32-9-20(24,25)26)17(18)19(28)27-7-10(8-27)33-15-6-12(22)11(21)5-13(15)23/h3-6,10H,7-9H2,1-2H3. The zero-order valence-corrected chi connectivity index (χ0v) is 18.4. The number of benzene rings is 2. The maximum atomic E-state index is 13.8. The SMILES string of the molecule is COc1c(S(C)(=O)=O)ccc(OCC(F)(F)F)c1C(=O)N1CC(Oc2cc(F)c(F)cc2F)C1. The second-order valence-corrected chi connectivity index (χ2v) is 9.28. The zero-order chi connectivity index (χ0) is 25.4. The van der Waals surface area contributed by atoms with Crippen LogP contribution in [0.5, 0.6) is 17.2 Å². The average Bonchev–Trinajstić information content (AvgIpc) is 2.69. The van der Waals surface area contributed by atoms with Crippen LogP contribution in [0.4, 0.5) is 26.3 Å². The number of carbonyl (C=O) groups excluding carboxylic acids is 1. The maximum absolute atomic E-state index is 13.8. The third kappa shape index (κ3) is 5.48. The van der Waals surface area contributed by atoms with E-state index in [1.54, 1.807) is 0 Å². The van der Waals surface area contributed by atoms with Crippen molar-refractivity contribution in [3.05, 3.63) is 47.3 Å². The summed E-state index contributed by atoms with van der Waals surface area (Å²) in [5.41, 5.74) is -0.563. The van der Waals surface area contributed by atoms with Crippen LogP contribution in [0.2, 0.25) is 0 Å². The highest BCUT2D eigenvalue weighted by Crippen LogP contribution is 2.38. The number of halogens is 6. The topological polar surface area (TPSA) is 82.1 Å². The molecule has 0 unspecified atom stereocenters. The van der Waals surface area contributed by atoms with Crippen LogP contribution in [0, 0.1) is 17.5 Å². The van der Waals surface area contributed by atoms with Crippen LogP contribution in [0.1, 0.15) is 10.4 Å². The van der Waals surface area contributed by atoms with Gasteiger partial charge in [0.1, 0.15) is 22.3 Å². The highest BCUT2D eigenvalue weighted by atomic mass is 32.2. The van der Waals surface area contributed by atoms with Gasteiger partial charge in [-0.05, 0) is 12.1 Å². The minimum absolute atomic E-state index is 0.220. The highest BCUT2D eigenvalue weighted by Gasteiger charge is 2.38. The van der Waals surface area contributed by atoms with Crippen LogP contribution in [-0.4, -0.2) is 64.6 Å². The number of hydrogen-bond acceptors (Lipinski definition) is 6. The second kappa shape index (κ2) is 9.24. The van der Waals surface area contributed by atoms with Crippen molar-refractivity contribution in [3.63, 3.8) is 0 Å². The Balaban J connectivity index is 1.86. The first kappa shape index (κ1) is 25.5. The van der Waals surface area contributed by atoms with E-state index in [-0.39, 0.29) is 19.2 Å². The number of rotatable bonds is 7. The first-order valence-electron chi connectivity index (χ1n) is 9.42. The molecule has 3 rings (SSSR count). The Hall–Kier alpha value is -3.16. The molecule has 1 aliphatic heterocycles. The normalized spacial score (nSPS) is 14.5. The van der Waals surface area contributed by atoms with E-state index in [9.17, 15) is 39.6 Å². The largest absolute Gasteiger partial charge is 0.494 e. The molecule has 0 spiro atoms. The van der Waals surface area contributed by atoms with Crippen molar-refractivity contribution in [2.24, 2.45) is 0 Å². The Kier molecular flexibility index (Phi) is 6.92. The van der Waals surface area contributed by atoms with Gasteiger partial charge in [0, 0.05) is 18.4 Å². The fourth-order valence-corrected chi connectivity index (χ4v) is 3.97. The summed E-state index contributed by atoms with van der Waals surface area (Å²) in [7, 11) is -2.92. The Morgan fingerprint density at radius 2 is 1.68 bits per heavy atom. The van der Waals surface area contributed by atoms with Crippen molar-refractivity contribution in [3.8, 4) is 17.2 Å². The van der Waals surface area contributed by atoms with Crippen LogP contribution in [0.3, 0.4) is 0 Å². The van der Waals surface area contributed by atoms with E-state index >= 15 is 0 Å². The van der Waals surface area contributed by atoms with Gasteiger partial charge in [-0.3, -0.25) is 4.79 Å². The number of alkyl halides is 3. The molecule has 1 saturated heterocycles. The predicted molar refractivity (Wildman–Crippen MR) is 104 cm³/mol. The number of carbonyl (C=O) groups is 1. The summed E-state index contributed by atoms with van der Waals surface area (Å²) < 4.78 is 117. The van der Waals surface area contributed by atoms with Crippen LogP contribution in [-0.2, 0) is 9.84 Å². The number of sulfone groups is 1. The van der Waals surface area contributed by atoms with Crippen molar-refractivity contribution in [2.45, 2.75) is 17.2 Å². The van der Waals surface area contributed by atoms with Crippen molar-refractivity contribution in [1.29, 1.82) is 0 Å². The van der Waals surface area contributed by atoms with Gasteiger partial charge in [-0.2, -0.15) is 13.2 Å². The smallest absolute Gasteiger partial charge is 0.422 e. The average molecular weight is 513 g/mol. The van der Waals surface area contributed by atoms with E-state index < -0.39 is 79.8 Å². The third-order valence-electron chi connectivity index (χ3n) is 4.70. The van der Waals surface area contributed by atoms with Gasteiger partial charge in [0.2, 0.25) is 0 Å². The number of nitrogens with zero attached hydrogens (tertiary/aromatic N) is 1. The van der Waals surface area contributed by atoms with Gasteiger partial charge in [-0.1, -0.05) is 0 Å². The Bertz CT molecular complexity index is 1210. The maximum Gasteiger partial charge on any atom is 0.422 e. The molecule has 0 atom stereocenters. The summed E-state index contributed by atoms with van der Waals surface area (Å²) in [5, 5.41) is 0. The van der Waals surface area contributed by atoms with Crippen LogP contribution >= 0.6 is 0 Å². The number of amides is 1. The Morgan fingerprint density at radius 3 is 2.24 bits per heavy atom. The molecule has 1 aliphatic rings. The van der Waals surface area contributed by atoms with Crippen molar-refractivity contribution in [1.82, 2.24) is 4.90 Å². The molecule has 14 heteroatoms. The quantitative estimate of drug-likeness (QED) is 0.417. The molecule has 7 nitrogen and oxygen atoms in total. The Labute approximate surface area is 189 Å². The molecular formula is C20H17F6NO6S. The third-order valence-corrected chi connectivity index (χ3v) is 5.82. The molecule has 1 heterocycles. The molecule has 0 bridgehead atoms. The van der Waals surface area contributed by atoms with E-state index in [0.717, 1.165) is 30.4 Å². The fraction of sp³-hybridized carbons (Fsp3) is 0.350. The molecule has 1 amide bonds. The second-order valence-electron chi connectivity index (χ2n) is 7.29. The van der Waals surface area contributed by atoms with E-state index in [0.29, 0.717) is 6.07 Å². The van der Waals surface area contributed by atoms with E-state index in [1.165, 1.54) is 0 Å². The van der Waals surface area contributed by atoms with E-state index in [1.807, 2.05) is 0 Å². The minimum atomic E-state index is -4.74. The minimum Gasteiger partial charge on any atom is -0.494 e. The molecule has 0 saturated carbocycles. The first-order chi connectivity index (χ1) is 15.7. The molecular weight excluding hydrogens is 496 g/mol. The zero-order valence-electron chi connectivity index (χ0n) is 17.6. The summed E-state index contributed by atoms with van der Waals surface area (Å²) in [5.74, 6) is -6.55. The predicted octanol–water partition coefficient (Wildman–Crippen LogP) is 3.36. The van der Waals surface area contributed by atoms with Gasteiger partial charge in [-0.25, -0.2) is 21.6 Å². The number of methoxy groups -OCH3 is 1. The summed E-state index contributed by atoms with van der Waals surface area (Å²) >= 11 is 0. The van der Waals surface area contributed by atoms with Gasteiger partial charge in [0.15, 0.2) is 45.4 Å². The molecule has 2 aromatic rings.